The third kappa shape index (κ3) is 2.37. The van der Waals surface area contributed by atoms with Gasteiger partial charge in [0.15, 0.2) is 0 Å². The van der Waals surface area contributed by atoms with E-state index in [-0.39, 0.29) is 6.10 Å². The second-order valence-corrected chi connectivity index (χ2v) is 6.81. The van der Waals surface area contributed by atoms with Gasteiger partial charge in [0, 0.05) is 23.0 Å². The van der Waals surface area contributed by atoms with E-state index in [0.717, 1.165) is 12.8 Å². The van der Waals surface area contributed by atoms with E-state index in [1.54, 1.807) is 0 Å². The van der Waals surface area contributed by atoms with Crippen molar-refractivity contribution in [3.05, 3.63) is 71.8 Å². The van der Waals surface area contributed by atoms with Crippen molar-refractivity contribution in [2.24, 2.45) is 11.8 Å². The Kier molecular flexibility index (Phi) is 3.73. The van der Waals surface area contributed by atoms with Gasteiger partial charge in [0.25, 0.3) is 0 Å². The standard InChI is InChI=1S/C20H23NO/c22-20-16-12-7-13-17(20)19(15-10-5-2-6-11-15)21-18(16)14-8-3-1-4-9-14/h1-6,8-11,16-22H,7,12-13H2/p+1/t16-,17+,18+,19-,20?. The lowest BCUT2D eigenvalue weighted by atomic mass is 9.66. The third-order valence-corrected chi connectivity index (χ3v) is 5.66. The lowest BCUT2D eigenvalue weighted by Gasteiger charge is -2.47. The van der Waals surface area contributed by atoms with E-state index < -0.39 is 0 Å². The fourth-order valence-corrected chi connectivity index (χ4v) is 4.61. The van der Waals surface area contributed by atoms with E-state index in [1.807, 2.05) is 0 Å². The molecule has 1 saturated carbocycles. The number of hydrogen-bond acceptors (Lipinski definition) is 1. The van der Waals surface area contributed by atoms with Crippen LogP contribution in [-0.2, 0) is 0 Å². The predicted molar refractivity (Wildman–Crippen MR) is 87.1 cm³/mol. The van der Waals surface area contributed by atoms with E-state index in [1.165, 1.54) is 17.5 Å². The van der Waals surface area contributed by atoms with Gasteiger partial charge in [-0.05, 0) is 12.8 Å². The molecule has 2 heteroatoms. The molecule has 114 valence electrons. The van der Waals surface area contributed by atoms with Gasteiger partial charge in [-0.3, -0.25) is 0 Å². The molecule has 2 aromatic rings. The molecule has 1 saturated heterocycles. The summed E-state index contributed by atoms with van der Waals surface area (Å²) in [7, 11) is 0. The maximum atomic E-state index is 10.9. The number of quaternary nitrogens is 1. The van der Waals surface area contributed by atoms with Crippen LogP contribution in [0.5, 0.6) is 0 Å². The van der Waals surface area contributed by atoms with Crippen molar-refractivity contribution < 1.29 is 10.4 Å². The fraction of sp³-hybridized carbons (Fsp3) is 0.400. The molecular formula is C20H24NO+. The average Bonchev–Trinajstić information content (AvgIpc) is 2.57. The summed E-state index contributed by atoms with van der Waals surface area (Å²) in [4.78, 5) is 0. The highest BCUT2D eigenvalue weighted by molar-refractivity contribution is 5.23. The van der Waals surface area contributed by atoms with Crippen molar-refractivity contribution in [2.45, 2.75) is 37.5 Å². The van der Waals surface area contributed by atoms with E-state index in [4.69, 9.17) is 0 Å². The summed E-state index contributed by atoms with van der Waals surface area (Å²) in [6.45, 7) is 0. The molecule has 0 amide bonds. The van der Waals surface area contributed by atoms with E-state index >= 15 is 0 Å². The molecule has 0 spiro atoms. The van der Waals surface area contributed by atoms with E-state index in [0.29, 0.717) is 23.9 Å². The Labute approximate surface area is 132 Å². The molecule has 0 radical (unpaired) electrons. The normalized spacial score (nSPS) is 34.3. The third-order valence-electron chi connectivity index (χ3n) is 5.66. The Morgan fingerprint density at radius 1 is 0.727 bits per heavy atom. The average molecular weight is 294 g/mol. The maximum Gasteiger partial charge on any atom is 0.117 e. The van der Waals surface area contributed by atoms with Crippen LogP contribution in [0.25, 0.3) is 0 Å². The van der Waals surface area contributed by atoms with E-state index in [2.05, 4.69) is 66.0 Å². The molecule has 4 rings (SSSR count). The van der Waals surface area contributed by atoms with Gasteiger partial charge in [0.05, 0.1) is 6.10 Å². The van der Waals surface area contributed by atoms with Gasteiger partial charge < -0.3 is 10.4 Å². The molecule has 2 fully saturated rings. The second-order valence-electron chi connectivity index (χ2n) is 6.81. The van der Waals surface area contributed by atoms with Gasteiger partial charge in [-0.25, -0.2) is 0 Å². The number of benzene rings is 2. The van der Waals surface area contributed by atoms with Gasteiger partial charge in [0.2, 0.25) is 0 Å². The first-order chi connectivity index (χ1) is 10.8. The molecule has 3 N–H and O–H groups in total. The Morgan fingerprint density at radius 2 is 1.18 bits per heavy atom. The highest BCUT2D eigenvalue weighted by Crippen LogP contribution is 2.43. The first kappa shape index (κ1) is 14.0. The number of piperidine rings is 1. The molecule has 2 bridgehead atoms. The quantitative estimate of drug-likeness (QED) is 0.878. The Hall–Kier alpha value is -1.64. The number of aliphatic hydroxyl groups is 1. The summed E-state index contributed by atoms with van der Waals surface area (Å²) < 4.78 is 0. The summed E-state index contributed by atoms with van der Waals surface area (Å²) in [5.41, 5.74) is 2.71. The first-order valence-corrected chi connectivity index (χ1v) is 8.47. The Bertz CT molecular complexity index is 559. The minimum Gasteiger partial charge on any atom is -0.392 e. The molecule has 0 aromatic heterocycles. The summed E-state index contributed by atoms with van der Waals surface area (Å²) in [6.07, 6.45) is 3.37. The minimum absolute atomic E-state index is 0.172. The molecule has 22 heavy (non-hydrogen) atoms. The van der Waals surface area contributed by atoms with Crippen molar-refractivity contribution in [3.63, 3.8) is 0 Å². The number of aliphatic hydroxyl groups excluding tert-OH is 1. The summed E-state index contributed by atoms with van der Waals surface area (Å²) >= 11 is 0. The van der Waals surface area contributed by atoms with Gasteiger partial charge >= 0.3 is 0 Å². The summed E-state index contributed by atoms with van der Waals surface area (Å²) in [5.74, 6) is 0.780. The number of rotatable bonds is 2. The molecule has 1 aliphatic carbocycles. The Morgan fingerprint density at radius 3 is 1.64 bits per heavy atom. The molecule has 2 aliphatic rings. The molecule has 1 aliphatic heterocycles. The fourth-order valence-electron chi connectivity index (χ4n) is 4.61. The first-order valence-electron chi connectivity index (χ1n) is 8.47. The lowest BCUT2D eigenvalue weighted by molar-refractivity contribution is -0.763. The number of fused-ring (bicyclic) bond motifs is 2. The topological polar surface area (TPSA) is 36.8 Å². The molecule has 2 aromatic carbocycles. The van der Waals surface area contributed by atoms with Crippen LogP contribution in [0.3, 0.4) is 0 Å². The van der Waals surface area contributed by atoms with Crippen molar-refractivity contribution >= 4 is 0 Å². The van der Waals surface area contributed by atoms with Crippen LogP contribution >= 0.6 is 0 Å². The van der Waals surface area contributed by atoms with Crippen LogP contribution in [0.2, 0.25) is 0 Å². The minimum atomic E-state index is -0.172. The number of nitrogens with two attached hydrogens (primary N) is 1. The zero-order chi connectivity index (χ0) is 14.9. The van der Waals surface area contributed by atoms with Crippen molar-refractivity contribution in [1.82, 2.24) is 0 Å². The molecule has 1 unspecified atom stereocenters. The smallest absolute Gasteiger partial charge is 0.117 e. The van der Waals surface area contributed by atoms with Crippen LogP contribution in [-0.4, -0.2) is 11.2 Å². The zero-order valence-electron chi connectivity index (χ0n) is 12.8. The lowest BCUT2D eigenvalue weighted by Crippen LogP contribution is -2.92. The Balaban J connectivity index is 1.71. The van der Waals surface area contributed by atoms with Crippen molar-refractivity contribution in [1.29, 1.82) is 0 Å². The molecule has 5 atom stereocenters. The highest BCUT2D eigenvalue weighted by Gasteiger charge is 2.49. The van der Waals surface area contributed by atoms with E-state index in [9.17, 15) is 5.11 Å². The predicted octanol–water partition coefficient (Wildman–Crippen LogP) is 2.82. The zero-order valence-corrected chi connectivity index (χ0v) is 12.8. The maximum absolute atomic E-state index is 10.9. The second kappa shape index (κ2) is 5.86. The van der Waals surface area contributed by atoms with Gasteiger partial charge in [-0.15, -0.1) is 0 Å². The monoisotopic (exact) mass is 294 g/mol. The SMILES string of the molecule is OC1[C@H]2CCC[C@@H]1[C@H](c1ccccc1)[NH2+][C@@H]2c1ccccc1. The van der Waals surface area contributed by atoms with Gasteiger partial charge in [0.1, 0.15) is 12.1 Å². The van der Waals surface area contributed by atoms with Crippen LogP contribution in [0.15, 0.2) is 60.7 Å². The van der Waals surface area contributed by atoms with Crippen LogP contribution < -0.4 is 5.32 Å². The summed E-state index contributed by atoms with van der Waals surface area (Å²) in [5, 5.41) is 13.5. The molecule has 1 heterocycles. The van der Waals surface area contributed by atoms with Gasteiger partial charge in [-0.1, -0.05) is 67.1 Å². The molecular weight excluding hydrogens is 270 g/mol. The molecule has 2 nitrogen and oxygen atoms in total. The van der Waals surface area contributed by atoms with Crippen LogP contribution in [0.4, 0.5) is 0 Å². The van der Waals surface area contributed by atoms with Crippen LogP contribution in [0.1, 0.15) is 42.5 Å². The van der Waals surface area contributed by atoms with Crippen LogP contribution in [0, 0.1) is 11.8 Å². The van der Waals surface area contributed by atoms with Crippen molar-refractivity contribution in [3.8, 4) is 0 Å². The number of hydrogen-bond donors (Lipinski definition) is 2. The highest BCUT2D eigenvalue weighted by atomic mass is 16.3. The van der Waals surface area contributed by atoms with Gasteiger partial charge in [-0.2, -0.15) is 0 Å². The largest absolute Gasteiger partial charge is 0.392 e. The van der Waals surface area contributed by atoms with Crippen molar-refractivity contribution in [2.75, 3.05) is 0 Å². The summed E-state index contributed by atoms with van der Waals surface area (Å²) in [6, 6.07) is 22.2.